The monoisotopic (exact) mass is 1250 g/mol. The molecule has 0 aliphatic heterocycles. The number of esters is 1. The Morgan fingerprint density at radius 1 is 0.315 bits per heavy atom. The van der Waals surface area contributed by atoms with Crippen LogP contribution < -0.4 is 5.32 Å². The number of hydrogen-bond acceptors (Lipinski definition) is 5. The molecule has 0 aliphatic rings. The highest BCUT2D eigenvalue weighted by molar-refractivity contribution is 5.76. The van der Waals surface area contributed by atoms with Gasteiger partial charge < -0.3 is 20.3 Å². The van der Waals surface area contributed by atoms with Gasteiger partial charge in [0.25, 0.3) is 0 Å². The molecule has 0 rings (SSSR count). The molecule has 526 valence electrons. The number of nitrogens with one attached hydrogen (secondary N) is 1. The molecule has 3 N–H and O–H groups in total. The molecule has 0 spiro atoms. The van der Waals surface area contributed by atoms with Gasteiger partial charge in [0.2, 0.25) is 5.91 Å². The summed E-state index contributed by atoms with van der Waals surface area (Å²) in [6, 6.07) is -0.540. The molecule has 0 saturated heterocycles. The molecule has 0 heterocycles. The van der Waals surface area contributed by atoms with Crippen molar-refractivity contribution in [1.29, 1.82) is 0 Å². The predicted molar refractivity (Wildman–Crippen MR) is 393 cm³/mol. The maximum atomic E-state index is 12.6. The van der Waals surface area contributed by atoms with Crippen LogP contribution in [-0.2, 0) is 14.3 Å². The quantitative estimate of drug-likeness (QED) is 0.0320. The molecule has 2 atom stereocenters. The van der Waals surface area contributed by atoms with Gasteiger partial charge in [-0.1, -0.05) is 397 Å². The number of ether oxygens (including phenoxy) is 1. The minimum absolute atomic E-state index is 0.0124. The van der Waals surface area contributed by atoms with E-state index >= 15 is 0 Å². The van der Waals surface area contributed by atoms with Crippen LogP contribution >= 0.6 is 0 Å². The van der Waals surface area contributed by atoms with E-state index in [4.69, 9.17) is 4.74 Å². The van der Waals surface area contributed by atoms with Crippen molar-refractivity contribution < 1.29 is 24.5 Å². The average Bonchev–Trinajstić information content (AvgIpc) is 3.63. The van der Waals surface area contributed by atoms with Gasteiger partial charge in [-0.3, -0.25) is 9.59 Å². The Labute approximate surface area is 557 Å². The molecular weight excluding hydrogens is 1090 g/mol. The summed E-state index contributed by atoms with van der Waals surface area (Å²) in [5, 5.41) is 23.4. The van der Waals surface area contributed by atoms with Crippen molar-refractivity contribution in [3.8, 4) is 0 Å². The van der Waals surface area contributed by atoms with Gasteiger partial charge in [-0.05, 0) is 83.5 Å². The van der Waals surface area contributed by atoms with E-state index in [9.17, 15) is 19.8 Å². The van der Waals surface area contributed by atoms with Crippen LogP contribution in [0.2, 0.25) is 0 Å². The standard InChI is InChI=1S/C83H159NO5/c1-3-5-7-9-11-13-15-17-19-20-42-45-48-51-55-59-63-67-71-75-81(86)80(79-85)84-82(87)76-72-68-64-60-56-52-49-46-43-40-38-36-34-32-30-28-26-24-22-21-23-25-27-29-31-33-35-37-39-41-44-47-50-54-58-62-66-70-74-78-89-83(88)77-73-69-65-61-57-53-18-16-14-12-10-8-6-4-2/h16,18,21-22,25,27,80-81,85-86H,3-15,17,19-20,23-24,26,28-79H2,1-2H3,(H,84,87)/b18-16-,22-21-,27-25-. The summed E-state index contributed by atoms with van der Waals surface area (Å²) < 4.78 is 5.49. The first-order valence-electron chi connectivity index (χ1n) is 40.7. The molecule has 0 aromatic carbocycles. The lowest BCUT2D eigenvalue weighted by Crippen LogP contribution is -2.45. The van der Waals surface area contributed by atoms with Crippen LogP contribution in [0.1, 0.15) is 457 Å². The lowest BCUT2D eigenvalue weighted by atomic mass is 10.0. The minimum atomic E-state index is -0.663. The van der Waals surface area contributed by atoms with Gasteiger partial charge in [0.05, 0.1) is 25.4 Å². The second-order valence-electron chi connectivity index (χ2n) is 28.1. The van der Waals surface area contributed by atoms with Crippen molar-refractivity contribution in [2.75, 3.05) is 13.2 Å². The van der Waals surface area contributed by atoms with Crippen LogP contribution in [0.25, 0.3) is 0 Å². The van der Waals surface area contributed by atoms with Crippen LogP contribution in [0.4, 0.5) is 0 Å². The molecule has 0 aliphatic carbocycles. The van der Waals surface area contributed by atoms with Gasteiger partial charge in [0.1, 0.15) is 0 Å². The van der Waals surface area contributed by atoms with Crippen LogP contribution in [0.5, 0.6) is 0 Å². The van der Waals surface area contributed by atoms with Gasteiger partial charge in [-0.15, -0.1) is 0 Å². The topological polar surface area (TPSA) is 95.9 Å². The SMILES string of the molecule is CCCCCCC/C=C\CCCCCCCC(=O)OCCCCCCCCCCCCCCCCC/C=C\C/C=C\CCCCCCCCCCCCCCCCCCCC(=O)NC(CO)C(O)CCCCCCCCCCCCCCCCCCCCC. The van der Waals surface area contributed by atoms with Crippen molar-refractivity contribution in [2.45, 2.75) is 469 Å². The second-order valence-corrected chi connectivity index (χ2v) is 28.1. The third kappa shape index (κ3) is 75.0. The van der Waals surface area contributed by atoms with Crippen molar-refractivity contribution in [3.63, 3.8) is 0 Å². The molecular formula is C83H159NO5. The van der Waals surface area contributed by atoms with Gasteiger partial charge in [-0.2, -0.15) is 0 Å². The van der Waals surface area contributed by atoms with E-state index in [-0.39, 0.29) is 18.5 Å². The zero-order chi connectivity index (χ0) is 64.2. The molecule has 1 amide bonds. The van der Waals surface area contributed by atoms with Crippen LogP contribution in [0.15, 0.2) is 36.5 Å². The van der Waals surface area contributed by atoms with Crippen molar-refractivity contribution in [1.82, 2.24) is 5.32 Å². The Hall–Kier alpha value is -1.92. The second kappa shape index (κ2) is 78.5. The number of aliphatic hydroxyl groups excluding tert-OH is 2. The third-order valence-electron chi connectivity index (χ3n) is 19.2. The zero-order valence-electron chi connectivity index (χ0n) is 60.4. The number of unbranched alkanes of at least 4 members (excludes halogenated alkanes) is 60. The highest BCUT2D eigenvalue weighted by atomic mass is 16.5. The summed E-state index contributed by atoms with van der Waals surface area (Å²) in [5.74, 6) is -0.0148. The highest BCUT2D eigenvalue weighted by Crippen LogP contribution is 2.20. The normalized spacial score (nSPS) is 12.6. The predicted octanol–water partition coefficient (Wildman–Crippen LogP) is 27.0. The smallest absolute Gasteiger partial charge is 0.305 e. The van der Waals surface area contributed by atoms with E-state index in [1.165, 1.54) is 372 Å². The Bertz CT molecular complexity index is 1440. The Balaban J connectivity index is 3.35. The lowest BCUT2D eigenvalue weighted by molar-refractivity contribution is -0.143. The van der Waals surface area contributed by atoms with Gasteiger partial charge in [-0.25, -0.2) is 0 Å². The third-order valence-corrected chi connectivity index (χ3v) is 19.2. The number of carbonyl (C=O) groups excluding carboxylic acids is 2. The number of allylic oxidation sites excluding steroid dienone is 6. The molecule has 0 aromatic heterocycles. The fourth-order valence-corrected chi connectivity index (χ4v) is 13.0. The Morgan fingerprint density at radius 3 is 0.865 bits per heavy atom. The largest absolute Gasteiger partial charge is 0.466 e. The Morgan fingerprint density at radius 2 is 0.562 bits per heavy atom. The van der Waals surface area contributed by atoms with E-state index in [0.29, 0.717) is 25.9 Å². The highest BCUT2D eigenvalue weighted by Gasteiger charge is 2.20. The van der Waals surface area contributed by atoms with E-state index < -0.39 is 12.1 Å². The van der Waals surface area contributed by atoms with Crippen molar-refractivity contribution in [2.24, 2.45) is 0 Å². The fourth-order valence-electron chi connectivity index (χ4n) is 13.0. The summed E-state index contributed by atoms with van der Waals surface area (Å²) in [7, 11) is 0. The average molecular weight is 1250 g/mol. The lowest BCUT2D eigenvalue weighted by Gasteiger charge is -2.22. The summed E-state index contributed by atoms with van der Waals surface area (Å²) in [5.41, 5.74) is 0. The first kappa shape index (κ1) is 87.1. The first-order chi connectivity index (χ1) is 44.0. The number of rotatable bonds is 77. The summed E-state index contributed by atoms with van der Waals surface area (Å²) in [6.07, 6.45) is 103. The number of aliphatic hydroxyl groups is 2. The zero-order valence-corrected chi connectivity index (χ0v) is 60.4. The van der Waals surface area contributed by atoms with Gasteiger partial charge in [0, 0.05) is 12.8 Å². The Kier molecular flexibility index (Phi) is 76.8. The van der Waals surface area contributed by atoms with Gasteiger partial charge >= 0.3 is 5.97 Å². The van der Waals surface area contributed by atoms with Crippen molar-refractivity contribution >= 4 is 11.9 Å². The molecule has 0 saturated carbocycles. The van der Waals surface area contributed by atoms with Crippen molar-refractivity contribution in [3.05, 3.63) is 36.5 Å². The van der Waals surface area contributed by atoms with Gasteiger partial charge in [0.15, 0.2) is 0 Å². The van der Waals surface area contributed by atoms with E-state index in [2.05, 4.69) is 55.6 Å². The molecule has 6 nitrogen and oxygen atoms in total. The number of hydrogen-bond donors (Lipinski definition) is 3. The molecule has 0 bridgehead atoms. The summed E-state index contributed by atoms with van der Waals surface area (Å²) >= 11 is 0. The minimum Gasteiger partial charge on any atom is -0.466 e. The molecule has 0 aromatic rings. The maximum absolute atomic E-state index is 12.6. The number of carbonyl (C=O) groups is 2. The molecule has 0 radical (unpaired) electrons. The molecule has 89 heavy (non-hydrogen) atoms. The molecule has 0 fully saturated rings. The van der Waals surface area contributed by atoms with Crippen LogP contribution in [0, 0.1) is 0 Å². The number of amides is 1. The van der Waals surface area contributed by atoms with Crippen LogP contribution in [0.3, 0.4) is 0 Å². The molecule has 2 unspecified atom stereocenters. The van der Waals surface area contributed by atoms with E-state index in [1.807, 2.05) is 0 Å². The molecule has 6 heteroatoms. The first-order valence-corrected chi connectivity index (χ1v) is 40.7. The fraction of sp³-hybridized carbons (Fsp3) is 0.904. The van der Waals surface area contributed by atoms with E-state index in [0.717, 1.165) is 51.4 Å². The maximum Gasteiger partial charge on any atom is 0.305 e. The summed E-state index contributed by atoms with van der Waals surface area (Å²) in [6.45, 7) is 4.99. The van der Waals surface area contributed by atoms with E-state index in [1.54, 1.807) is 0 Å². The summed E-state index contributed by atoms with van der Waals surface area (Å²) in [4.78, 5) is 24.6. The van der Waals surface area contributed by atoms with Crippen LogP contribution in [-0.4, -0.2) is 47.4 Å².